The van der Waals surface area contributed by atoms with Gasteiger partial charge in [0.1, 0.15) is 0 Å². The summed E-state index contributed by atoms with van der Waals surface area (Å²) < 4.78 is 0. The summed E-state index contributed by atoms with van der Waals surface area (Å²) in [5.74, 6) is -0.447. The van der Waals surface area contributed by atoms with Crippen molar-refractivity contribution >= 4 is 22.8 Å². The molecule has 1 aromatic heterocycles. The molecular weight excluding hydrogens is 316 g/mol. The smallest absolute Gasteiger partial charge is 0.311 e. The van der Waals surface area contributed by atoms with E-state index in [2.05, 4.69) is 0 Å². The van der Waals surface area contributed by atoms with Gasteiger partial charge in [0.15, 0.2) is 0 Å². The molecular formula is C20H22N2O3. The molecule has 5 nitrogen and oxygen atoms in total. The fourth-order valence-corrected chi connectivity index (χ4v) is 3.72. The third-order valence-corrected chi connectivity index (χ3v) is 5.46. The Morgan fingerprint density at radius 1 is 1.28 bits per heavy atom. The fourth-order valence-electron chi connectivity index (χ4n) is 3.72. The normalized spacial score (nSPS) is 23.6. The number of carboxylic acid groups (broad SMARTS) is 1. The van der Waals surface area contributed by atoms with E-state index in [4.69, 9.17) is 4.98 Å². The topological polar surface area (TPSA) is 70.5 Å². The molecule has 2 fully saturated rings. The number of benzene rings is 1. The van der Waals surface area contributed by atoms with Gasteiger partial charge in [-0.2, -0.15) is 0 Å². The summed E-state index contributed by atoms with van der Waals surface area (Å²) in [5, 5.41) is 10.4. The van der Waals surface area contributed by atoms with Crippen molar-refractivity contribution in [2.45, 2.75) is 38.5 Å². The number of hydrogen-bond acceptors (Lipinski definition) is 3. The van der Waals surface area contributed by atoms with E-state index in [1.54, 1.807) is 11.8 Å². The maximum atomic E-state index is 13.2. The molecule has 5 heteroatoms. The van der Waals surface area contributed by atoms with Crippen molar-refractivity contribution in [2.24, 2.45) is 5.41 Å². The standard InChI is InChI=1S/C20H22N2O3/c1-20(19(24)25)9-4-10-22(12-20)18(23)15-11-17(13-7-8-13)21-16-6-3-2-5-14(15)16/h2-3,5-6,11,13H,4,7-10,12H2,1H3,(H,24,25). The van der Waals surface area contributed by atoms with E-state index in [9.17, 15) is 14.7 Å². The first-order valence-electron chi connectivity index (χ1n) is 8.90. The number of fused-ring (bicyclic) bond motifs is 1. The average molecular weight is 338 g/mol. The Labute approximate surface area is 146 Å². The lowest BCUT2D eigenvalue weighted by molar-refractivity contribution is -0.150. The van der Waals surface area contributed by atoms with Crippen LogP contribution in [0, 0.1) is 5.41 Å². The third kappa shape index (κ3) is 2.88. The van der Waals surface area contributed by atoms with Crippen LogP contribution in [0.4, 0.5) is 0 Å². The van der Waals surface area contributed by atoms with Gasteiger partial charge in [0.2, 0.25) is 0 Å². The van der Waals surface area contributed by atoms with Gasteiger partial charge in [0.05, 0.1) is 16.5 Å². The first kappa shape index (κ1) is 16.1. The van der Waals surface area contributed by atoms with E-state index in [0.29, 0.717) is 30.9 Å². The fraction of sp³-hybridized carbons (Fsp3) is 0.450. The summed E-state index contributed by atoms with van der Waals surface area (Å²) in [6.45, 7) is 2.60. The second-order valence-corrected chi connectivity index (χ2v) is 7.58. The van der Waals surface area contributed by atoms with Crippen LogP contribution in [0.5, 0.6) is 0 Å². The number of piperidine rings is 1. The lowest BCUT2D eigenvalue weighted by Gasteiger charge is -2.37. The molecule has 25 heavy (non-hydrogen) atoms. The van der Waals surface area contributed by atoms with E-state index in [0.717, 1.165) is 29.4 Å². The minimum atomic E-state index is -0.865. The highest BCUT2D eigenvalue weighted by Crippen LogP contribution is 2.40. The lowest BCUT2D eigenvalue weighted by atomic mass is 9.82. The first-order chi connectivity index (χ1) is 12.0. The molecule has 0 radical (unpaired) electrons. The van der Waals surface area contributed by atoms with E-state index < -0.39 is 11.4 Å². The van der Waals surface area contributed by atoms with Crippen molar-refractivity contribution in [1.29, 1.82) is 0 Å². The number of carboxylic acids is 1. The molecule has 1 unspecified atom stereocenters. The molecule has 1 atom stereocenters. The third-order valence-electron chi connectivity index (χ3n) is 5.46. The molecule has 0 bridgehead atoms. The van der Waals surface area contributed by atoms with Crippen LogP contribution in [0.2, 0.25) is 0 Å². The van der Waals surface area contributed by atoms with Gasteiger partial charge in [0, 0.05) is 30.1 Å². The summed E-state index contributed by atoms with van der Waals surface area (Å²) in [6.07, 6.45) is 3.57. The number of carbonyl (C=O) groups is 2. The van der Waals surface area contributed by atoms with E-state index >= 15 is 0 Å². The Morgan fingerprint density at radius 3 is 2.76 bits per heavy atom. The number of amides is 1. The number of nitrogens with zero attached hydrogens (tertiary/aromatic N) is 2. The van der Waals surface area contributed by atoms with Crippen LogP contribution in [-0.2, 0) is 4.79 Å². The minimum absolute atomic E-state index is 0.0762. The van der Waals surface area contributed by atoms with E-state index in [1.165, 1.54) is 0 Å². The van der Waals surface area contributed by atoms with Crippen LogP contribution in [0.3, 0.4) is 0 Å². The number of pyridine rings is 1. The number of para-hydroxylation sites is 1. The van der Waals surface area contributed by atoms with Crippen molar-refractivity contribution in [3.05, 3.63) is 41.6 Å². The molecule has 2 aromatic rings. The van der Waals surface area contributed by atoms with Crippen molar-refractivity contribution in [2.75, 3.05) is 13.1 Å². The SMILES string of the molecule is CC1(C(=O)O)CCCN(C(=O)c2cc(C3CC3)nc3ccccc23)C1. The highest BCUT2D eigenvalue weighted by molar-refractivity contribution is 6.06. The van der Waals surface area contributed by atoms with Gasteiger partial charge in [-0.3, -0.25) is 14.6 Å². The van der Waals surface area contributed by atoms with Gasteiger partial charge in [-0.1, -0.05) is 18.2 Å². The highest BCUT2D eigenvalue weighted by Gasteiger charge is 2.40. The van der Waals surface area contributed by atoms with E-state index in [-0.39, 0.29) is 12.5 Å². The van der Waals surface area contributed by atoms with Crippen molar-refractivity contribution in [1.82, 2.24) is 9.88 Å². The predicted molar refractivity (Wildman–Crippen MR) is 94.6 cm³/mol. The van der Waals surface area contributed by atoms with Gasteiger partial charge >= 0.3 is 5.97 Å². The van der Waals surface area contributed by atoms with Gasteiger partial charge in [-0.15, -0.1) is 0 Å². The summed E-state index contributed by atoms with van der Waals surface area (Å²) >= 11 is 0. The zero-order valence-corrected chi connectivity index (χ0v) is 14.4. The minimum Gasteiger partial charge on any atom is -0.481 e. The zero-order chi connectivity index (χ0) is 17.6. The number of carbonyl (C=O) groups excluding carboxylic acids is 1. The molecule has 4 rings (SSSR count). The number of aliphatic carboxylic acids is 1. The van der Waals surface area contributed by atoms with Crippen LogP contribution < -0.4 is 0 Å². The Bertz CT molecular complexity index is 859. The molecule has 1 N–H and O–H groups in total. The van der Waals surface area contributed by atoms with Gasteiger partial charge in [-0.05, 0) is 44.7 Å². The molecule has 2 heterocycles. The Kier molecular flexibility index (Phi) is 3.74. The van der Waals surface area contributed by atoms with Crippen molar-refractivity contribution < 1.29 is 14.7 Å². The van der Waals surface area contributed by atoms with Crippen LogP contribution in [0.1, 0.15) is 54.6 Å². The molecule has 1 aromatic carbocycles. The van der Waals surface area contributed by atoms with Crippen molar-refractivity contribution in [3.63, 3.8) is 0 Å². The Hall–Kier alpha value is -2.43. The number of hydrogen-bond donors (Lipinski definition) is 1. The summed E-state index contributed by atoms with van der Waals surface area (Å²) in [6, 6.07) is 9.63. The molecule has 130 valence electrons. The predicted octanol–water partition coefficient (Wildman–Crippen LogP) is 3.44. The van der Waals surface area contributed by atoms with Crippen LogP contribution in [0.15, 0.2) is 30.3 Å². The van der Waals surface area contributed by atoms with Gasteiger partial charge in [-0.25, -0.2) is 0 Å². The summed E-state index contributed by atoms with van der Waals surface area (Å²) in [5.41, 5.74) is 1.62. The largest absolute Gasteiger partial charge is 0.481 e. The average Bonchev–Trinajstić information content (AvgIpc) is 3.45. The van der Waals surface area contributed by atoms with Crippen LogP contribution in [-0.4, -0.2) is 40.0 Å². The zero-order valence-electron chi connectivity index (χ0n) is 14.4. The summed E-state index contributed by atoms with van der Waals surface area (Å²) in [7, 11) is 0. The van der Waals surface area contributed by atoms with Crippen LogP contribution in [0.25, 0.3) is 10.9 Å². The molecule has 0 spiro atoms. The Balaban J connectivity index is 1.73. The lowest BCUT2D eigenvalue weighted by Crippen LogP contribution is -2.48. The second kappa shape index (κ2) is 5.83. The quantitative estimate of drug-likeness (QED) is 0.931. The molecule has 1 amide bonds. The second-order valence-electron chi connectivity index (χ2n) is 7.58. The number of aromatic nitrogens is 1. The summed E-state index contributed by atoms with van der Waals surface area (Å²) in [4.78, 5) is 31.2. The first-order valence-corrected chi connectivity index (χ1v) is 8.90. The van der Waals surface area contributed by atoms with Crippen LogP contribution >= 0.6 is 0 Å². The van der Waals surface area contributed by atoms with E-state index in [1.807, 2.05) is 30.3 Å². The molecule has 1 saturated heterocycles. The number of likely N-dealkylation sites (tertiary alicyclic amines) is 1. The van der Waals surface area contributed by atoms with Crippen molar-refractivity contribution in [3.8, 4) is 0 Å². The molecule has 1 aliphatic heterocycles. The molecule has 2 aliphatic rings. The number of rotatable bonds is 3. The Morgan fingerprint density at radius 2 is 2.04 bits per heavy atom. The van der Waals surface area contributed by atoms with Gasteiger partial charge < -0.3 is 10.0 Å². The van der Waals surface area contributed by atoms with Gasteiger partial charge in [0.25, 0.3) is 5.91 Å². The highest BCUT2D eigenvalue weighted by atomic mass is 16.4. The molecule has 1 aliphatic carbocycles. The monoisotopic (exact) mass is 338 g/mol. The maximum Gasteiger partial charge on any atom is 0.311 e. The maximum absolute atomic E-state index is 13.2. The molecule has 1 saturated carbocycles.